The fraction of sp³-hybridized carbons (Fsp3) is 0.400. The topological polar surface area (TPSA) is 46.2 Å². The predicted molar refractivity (Wildman–Crippen MR) is 50.4 cm³/mol. The van der Waals surface area contributed by atoms with Gasteiger partial charge in [-0.25, -0.2) is 4.39 Å². The third-order valence-corrected chi connectivity index (χ3v) is 2.18. The molecule has 2 nitrogen and oxygen atoms in total. The predicted octanol–water partition coefficient (Wildman–Crippen LogP) is 2.35. The molecule has 0 heterocycles. The van der Waals surface area contributed by atoms with E-state index in [1.807, 2.05) is 0 Å². The largest absolute Gasteiger partial charge is 0.505 e. The number of nitrogens with two attached hydrogens (primary N) is 1. The number of hydrogen-bond donors (Lipinski definition) is 2. The van der Waals surface area contributed by atoms with Gasteiger partial charge in [0.15, 0.2) is 11.6 Å². The molecule has 1 aromatic rings. The number of phenols is 1. The van der Waals surface area contributed by atoms with Gasteiger partial charge in [0.05, 0.1) is 0 Å². The van der Waals surface area contributed by atoms with Crippen molar-refractivity contribution < 1.29 is 22.7 Å². The van der Waals surface area contributed by atoms with Gasteiger partial charge in [-0.1, -0.05) is 6.07 Å². The highest BCUT2D eigenvalue weighted by Gasteiger charge is 2.35. The second-order valence-corrected chi connectivity index (χ2v) is 3.47. The molecule has 0 spiro atoms. The lowest BCUT2D eigenvalue weighted by Crippen LogP contribution is -2.37. The van der Waals surface area contributed by atoms with Gasteiger partial charge in [-0.3, -0.25) is 0 Å². The molecule has 6 heteroatoms. The Bertz CT molecular complexity index is 364. The Balaban J connectivity index is 2.58. The van der Waals surface area contributed by atoms with Crippen molar-refractivity contribution in [2.75, 3.05) is 0 Å². The Morgan fingerprint density at radius 3 is 2.44 bits per heavy atom. The van der Waals surface area contributed by atoms with Crippen LogP contribution in [0.15, 0.2) is 18.2 Å². The number of halogens is 4. The van der Waals surface area contributed by atoms with Crippen LogP contribution in [0.25, 0.3) is 0 Å². The quantitative estimate of drug-likeness (QED) is 0.793. The number of phenolic OH excluding ortho intramolecular Hbond substituents is 1. The van der Waals surface area contributed by atoms with E-state index in [1.54, 1.807) is 0 Å². The average Bonchev–Trinajstić information content (AvgIpc) is 2.18. The van der Waals surface area contributed by atoms with Crippen LogP contribution in [-0.4, -0.2) is 17.3 Å². The van der Waals surface area contributed by atoms with Crippen LogP contribution in [0.4, 0.5) is 17.6 Å². The first kappa shape index (κ1) is 12.8. The fourth-order valence-corrected chi connectivity index (χ4v) is 1.19. The first-order chi connectivity index (χ1) is 7.30. The Labute approximate surface area is 89.7 Å². The van der Waals surface area contributed by atoms with Gasteiger partial charge in [-0.15, -0.1) is 0 Å². The smallest absolute Gasteiger partial charge is 0.403 e. The highest BCUT2D eigenvalue weighted by Crippen LogP contribution is 2.23. The minimum Gasteiger partial charge on any atom is -0.505 e. The van der Waals surface area contributed by atoms with Gasteiger partial charge in [0.2, 0.25) is 0 Å². The van der Waals surface area contributed by atoms with Crippen molar-refractivity contribution in [2.45, 2.75) is 25.1 Å². The number of aryl methyl sites for hydroxylation is 1. The molecular formula is C10H11F4NO. The maximum Gasteiger partial charge on any atom is 0.403 e. The van der Waals surface area contributed by atoms with E-state index < -0.39 is 23.8 Å². The number of hydrogen-bond acceptors (Lipinski definition) is 2. The van der Waals surface area contributed by atoms with Crippen LogP contribution in [0.5, 0.6) is 5.75 Å². The van der Waals surface area contributed by atoms with E-state index >= 15 is 0 Å². The molecule has 3 N–H and O–H groups in total. The normalized spacial score (nSPS) is 13.8. The summed E-state index contributed by atoms with van der Waals surface area (Å²) in [6.45, 7) is 0. The van der Waals surface area contributed by atoms with Gasteiger partial charge in [0.1, 0.15) is 6.04 Å². The van der Waals surface area contributed by atoms with Crippen LogP contribution in [-0.2, 0) is 6.42 Å². The van der Waals surface area contributed by atoms with Gasteiger partial charge >= 0.3 is 6.18 Å². The standard InChI is InChI=1S/C10H11F4NO/c11-7-5-6(1-3-8(7)16)2-4-9(15)10(12,13)14/h1,3,5,9,16H,2,4,15H2. The lowest BCUT2D eigenvalue weighted by atomic mass is 10.1. The lowest BCUT2D eigenvalue weighted by Gasteiger charge is -2.15. The zero-order chi connectivity index (χ0) is 12.3. The van der Waals surface area contributed by atoms with E-state index in [2.05, 4.69) is 0 Å². The van der Waals surface area contributed by atoms with Gasteiger partial charge in [0, 0.05) is 0 Å². The number of rotatable bonds is 3. The molecule has 0 fully saturated rings. The van der Waals surface area contributed by atoms with Crippen molar-refractivity contribution >= 4 is 0 Å². The van der Waals surface area contributed by atoms with Crippen LogP contribution >= 0.6 is 0 Å². The van der Waals surface area contributed by atoms with E-state index in [-0.39, 0.29) is 12.8 Å². The van der Waals surface area contributed by atoms with Crippen molar-refractivity contribution in [1.82, 2.24) is 0 Å². The van der Waals surface area contributed by atoms with Crippen LogP contribution in [0, 0.1) is 5.82 Å². The summed E-state index contributed by atoms with van der Waals surface area (Å²) in [4.78, 5) is 0. The van der Waals surface area contributed by atoms with Crippen molar-refractivity contribution in [1.29, 1.82) is 0 Å². The monoisotopic (exact) mass is 237 g/mol. The first-order valence-corrected chi connectivity index (χ1v) is 4.60. The molecule has 1 unspecified atom stereocenters. The zero-order valence-electron chi connectivity index (χ0n) is 8.26. The molecule has 90 valence electrons. The van der Waals surface area contributed by atoms with Crippen LogP contribution in [0.1, 0.15) is 12.0 Å². The molecule has 0 aliphatic heterocycles. The van der Waals surface area contributed by atoms with E-state index in [9.17, 15) is 17.6 Å². The Kier molecular flexibility index (Phi) is 3.74. The molecule has 0 bridgehead atoms. The first-order valence-electron chi connectivity index (χ1n) is 4.60. The molecule has 0 amide bonds. The second-order valence-electron chi connectivity index (χ2n) is 3.47. The summed E-state index contributed by atoms with van der Waals surface area (Å²) in [5.74, 6) is -1.37. The minimum atomic E-state index is -4.44. The number of benzene rings is 1. The third kappa shape index (κ3) is 3.37. The van der Waals surface area contributed by atoms with Gasteiger partial charge in [-0.05, 0) is 30.5 Å². The minimum absolute atomic E-state index is 0.0118. The molecule has 0 aliphatic rings. The average molecular weight is 237 g/mol. The van der Waals surface area contributed by atoms with Crippen LogP contribution < -0.4 is 5.73 Å². The molecular weight excluding hydrogens is 226 g/mol. The van der Waals surface area contributed by atoms with Gasteiger partial charge in [0.25, 0.3) is 0 Å². The van der Waals surface area contributed by atoms with E-state index in [4.69, 9.17) is 10.8 Å². The molecule has 1 rings (SSSR count). The summed E-state index contributed by atoms with van der Waals surface area (Å²) >= 11 is 0. The second kappa shape index (κ2) is 4.69. The number of alkyl halides is 3. The molecule has 0 saturated heterocycles. The molecule has 0 radical (unpaired) electrons. The Hall–Kier alpha value is -1.30. The van der Waals surface area contributed by atoms with Crippen molar-refractivity contribution in [2.24, 2.45) is 5.73 Å². The maximum atomic E-state index is 12.8. The molecule has 1 atom stereocenters. The van der Waals surface area contributed by atoms with Gasteiger partial charge in [-0.2, -0.15) is 13.2 Å². The van der Waals surface area contributed by atoms with Crippen LogP contribution in [0.3, 0.4) is 0 Å². The van der Waals surface area contributed by atoms with Crippen LogP contribution in [0.2, 0.25) is 0 Å². The van der Waals surface area contributed by atoms with Crippen molar-refractivity contribution in [3.63, 3.8) is 0 Å². The summed E-state index contributed by atoms with van der Waals surface area (Å²) in [6, 6.07) is 1.55. The lowest BCUT2D eigenvalue weighted by molar-refractivity contribution is -0.148. The summed E-state index contributed by atoms with van der Waals surface area (Å²) in [5.41, 5.74) is 5.27. The fourth-order valence-electron chi connectivity index (χ4n) is 1.19. The third-order valence-electron chi connectivity index (χ3n) is 2.18. The van der Waals surface area contributed by atoms with Crippen molar-refractivity contribution in [3.05, 3.63) is 29.6 Å². The molecule has 0 aliphatic carbocycles. The zero-order valence-corrected chi connectivity index (χ0v) is 8.26. The Morgan fingerprint density at radius 1 is 1.31 bits per heavy atom. The summed E-state index contributed by atoms with van der Waals surface area (Å²) in [5, 5.41) is 8.87. The number of aromatic hydroxyl groups is 1. The van der Waals surface area contributed by atoms with E-state index in [1.165, 1.54) is 6.07 Å². The van der Waals surface area contributed by atoms with E-state index in [0.717, 1.165) is 12.1 Å². The van der Waals surface area contributed by atoms with Gasteiger partial charge < -0.3 is 10.8 Å². The molecule has 0 saturated carbocycles. The van der Waals surface area contributed by atoms with E-state index in [0.29, 0.717) is 5.56 Å². The SMILES string of the molecule is NC(CCc1ccc(O)c(F)c1)C(F)(F)F. The molecule has 0 aromatic heterocycles. The van der Waals surface area contributed by atoms with Crippen molar-refractivity contribution in [3.8, 4) is 5.75 Å². The maximum absolute atomic E-state index is 12.8. The molecule has 16 heavy (non-hydrogen) atoms. The Morgan fingerprint density at radius 2 is 1.94 bits per heavy atom. The summed E-state index contributed by atoms with van der Waals surface area (Å²) in [7, 11) is 0. The summed E-state index contributed by atoms with van der Waals surface area (Å²) < 4.78 is 49.0. The highest BCUT2D eigenvalue weighted by molar-refractivity contribution is 5.28. The molecule has 1 aromatic carbocycles. The highest BCUT2D eigenvalue weighted by atomic mass is 19.4. The summed E-state index contributed by atoms with van der Waals surface area (Å²) in [6.07, 6.45) is -4.74.